The molecule has 1 aromatic heterocycles. The van der Waals surface area contributed by atoms with E-state index in [1.54, 1.807) is 0 Å². The highest BCUT2D eigenvalue weighted by molar-refractivity contribution is 7.11. The Morgan fingerprint density at radius 1 is 1.27 bits per heavy atom. The summed E-state index contributed by atoms with van der Waals surface area (Å²) in [5.74, 6) is 3.28. The minimum Gasteiger partial charge on any atom is -0.342 e. The SMILES string of the molecule is C#CCCC1(CCC(=O)N2CCCC(c3nc4c(s3)CCCC4)C2)N=N1. The lowest BCUT2D eigenvalue weighted by Crippen LogP contribution is -2.39. The van der Waals surface area contributed by atoms with E-state index in [9.17, 15) is 4.79 Å². The molecule has 4 rings (SSSR count). The van der Waals surface area contributed by atoms with E-state index in [0.717, 1.165) is 38.8 Å². The number of likely N-dealkylation sites (tertiary alicyclic amines) is 1. The van der Waals surface area contributed by atoms with Crippen molar-refractivity contribution in [3.63, 3.8) is 0 Å². The maximum atomic E-state index is 12.7. The van der Waals surface area contributed by atoms with Crippen LogP contribution in [0.25, 0.3) is 0 Å². The van der Waals surface area contributed by atoms with Crippen LogP contribution in [0.2, 0.25) is 0 Å². The smallest absolute Gasteiger partial charge is 0.222 e. The van der Waals surface area contributed by atoms with Crippen LogP contribution in [0.3, 0.4) is 0 Å². The van der Waals surface area contributed by atoms with Crippen molar-refractivity contribution in [1.29, 1.82) is 0 Å². The molecule has 0 bridgehead atoms. The summed E-state index contributed by atoms with van der Waals surface area (Å²) in [5, 5.41) is 9.53. The summed E-state index contributed by atoms with van der Waals surface area (Å²) >= 11 is 1.89. The van der Waals surface area contributed by atoms with Gasteiger partial charge in [-0.3, -0.25) is 4.79 Å². The average Bonchev–Trinajstić information content (AvgIpc) is 3.32. The fourth-order valence-electron chi connectivity index (χ4n) is 4.09. The highest BCUT2D eigenvalue weighted by Gasteiger charge is 2.40. The fourth-order valence-corrected chi connectivity index (χ4v) is 5.36. The van der Waals surface area contributed by atoms with Crippen LogP contribution in [0.15, 0.2) is 10.2 Å². The molecule has 1 aromatic rings. The van der Waals surface area contributed by atoms with E-state index >= 15 is 0 Å². The number of hydrogen-bond acceptors (Lipinski definition) is 5. The van der Waals surface area contributed by atoms with Gasteiger partial charge in [-0.25, -0.2) is 4.98 Å². The van der Waals surface area contributed by atoms with Gasteiger partial charge in [0.15, 0.2) is 5.66 Å². The predicted molar refractivity (Wildman–Crippen MR) is 102 cm³/mol. The van der Waals surface area contributed by atoms with Gasteiger partial charge in [-0.2, -0.15) is 10.2 Å². The molecule has 0 radical (unpaired) electrons. The number of carbonyl (C=O) groups is 1. The first-order chi connectivity index (χ1) is 12.7. The first-order valence-corrected chi connectivity index (χ1v) is 10.6. The summed E-state index contributed by atoms with van der Waals surface area (Å²) in [6.07, 6.45) is 15.1. The largest absolute Gasteiger partial charge is 0.342 e. The number of terminal acetylenes is 1. The Bertz CT molecular complexity index is 718. The van der Waals surface area contributed by atoms with E-state index in [1.807, 2.05) is 16.2 Å². The molecule has 1 unspecified atom stereocenters. The van der Waals surface area contributed by atoms with E-state index < -0.39 is 0 Å². The molecule has 0 saturated carbocycles. The minimum absolute atomic E-state index is 0.230. The highest BCUT2D eigenvalue weighted by Crippen LogP contribution is 2.38. The van der Waals surface area contributed by atoms with E-state index in [-0.39, 0.29) is 11.6 Å². The Balaban J connectivity index is 1.32. The number of carbonyl (C=O) groups excluding carboxylic acids is 1. The number of aromatic nitrogens is 1. The summed E-state index contributed by atoms with van der Waals surface area (Å²) in [5.41, 5.74) is 0.970. The highest BCUT2D eigenvalue weighted by atomic mass is 32.1. The van der Waals surface area contributed by atoms with Crippen LogP contribution >= 0.6 is 11.3 Å². The van der Waals surface area contributed by atoms with Gasteiger partial charge in [0.2, 0.25) is 5.91 Å². The molecular weight excluding hydrogens is 344 g/mol. The van der Waals surface area contributed by atoms with Crippen LogP contribution < -0.4 is 0 Å². The van der Waals surface area contributed by atoms with Crippen LogP contribution in [0, 0.1) is 12.3 Å². The Morgan fingerprint density at radius 3 is 2.88 bits per heavy atom. The second kappa shape index (κ2) is 7.48. The molecule has 1 amide bonds. The van der Waals surface area contributed by atoms with E-state index in [2.05, 4.69) is 16.1 Å². The second-order valence-corrected chi connectivity index (χ2v) is 8.81. The molecule has 0 N–H and O–H groups in total. The van der Waals surface area contributed by atoms with Gasteiger partial charge >= 0.3 is 0 Å². The number of piperidine rings is 1. The molecule has 1 saturated heterocycles. The van der Waals surface area contributed by atoms with Gasteiger partial charge in [-0.1, -0.05) is 0 Å². The molecule has 26 heavy (non-hydrogen) atoms. The molecule has 3 heterocycles. The molecule has 3 aliphatic rings. The zero-order valence-corrected chi connectivity index (χ0v) is 16.1. The summed E-state index contributed by atoms with van der Waals surface area (Å²) in [4.78, 5) is 21.2. The van der Waals surface area contributed by atoms with Crippen molar-refractivity contribution in [2.45, 2.75) is 75.8 Å². The predicted octanol–water partition coefficient (Wildman–Crippen LogP) is 4.08. The fraction of sp³-hybridized carbons (Fsp3) is 0.700. The first-order valence-electron chi connectivity index (χ1n) is 9.83. The van der Waals surface area contributed by atoms with Crippen molar-refractivity contribution in [2.75, 3.05) is 13.1 Å². The van der Waals surface area contributed by atoms with Crippen LogP contribution in [-0.4, -0.2) is 34.5 Å². The number of hydrogen-bond donors (Lipinski definition) is 0. The number of thiazole rings is 1. The van der Waals surface area contributed by atoms with Gasteiger partial charge in [0.05, 0.1) is 10.7 Å². The molecule has 1 aliphatic carbocycles. The van der Waals surface area contributed by atoms with Crippen LogP contribution in [0.1, 0.15) is 72.9 Å². The van der Waals surface area contributed by atoms with Crippen LogP contribution in [0.4, 0.5) is 0 Å². The molecule has 6 heteroatoms. The van der Waals surface area contributed by atoms with Gasteiger partial charge in [0.25, 0.3) is 0 Å². The van der Waals surface area contributed by atoms with Gasteiger partial charge < -0.3 is 4.90 Å². The molecule has 0 aromatic carbocycles. The Hall–Kier alpha value is -1.74. The summed E-state index contributed by atoms with van der Waals surface area (Å²) in [7, 11) is 0. The lowest BCUT2D eigenvalue weighted by Gasteiger charge is -2.32. The van der Waals surface area contributed by atoms with Crippen LogP contribution in [0.5, 0.6) is 0 Å². The van der Waals surface area contributed by atoms with E-state index in [4.69, 9.17) is 11.4 Å². The molecule has 1 atom stereocenters. The molecule has 0 spiro atoms. The first kappa shape index (κ1) is 17.7. The zero-order chi connectivity index (χ0) is 18.0. The molecular formula is C20H26N4OS. The van der Waals surface area contributed by atoms with Crippen molar-refractivity contribution < 1.29 is 4.79 Å². The number of aryl methyl sites for hydroxylation is 2. The Kier molecular flexibility index (Phi) is 5.08. The molecule has 138 valence electrons. The second-order valence-electron chi connectivity index (χ2n) is 7.69. The van der Waals surface area contributed by atoms with Crippen molar-refractivity contribution in [3.8, 4) is 12.3 Å². The van der Waals surface area contributed by atoms with E-state index in [1.165, 1.54) is 34.8 Å². The van der Waals surface area contributed by atoms with Crippen LogP contribution in [-0.2, 0) is 17.6 Å². The molecule has 2 aliphatic heterocycles. The monoisotopic (exact) mass is 370 g/mol. The average molecular weight is 371 g/mol. The minimum atomic E-state index is -0.356. The molecule has 1 fully saturated rings. The zero-order valence-electron chi connectivity index (χ0n) is 15.2. The van der Waals surface area contributed by atoms with Gasteiger partial charge in [-0.05, 0) is 38.5 Å². The van der Waals surface area contributed by atoms with Crippen molar-refractivity contribution in [1.82, 2.24) is 9.88 Å². The summed E-state index contributed by atoms with van der Waals surface area (Å²) < 4.78 is 0. The maximum absolute atomic E-state index is 12.7. The number of fused-ring (bicyclic) bond motifs is 1. The third-order valence-electron chi connectivity index (χ3n) is 5.78. The summed E-state index contributed by atoms with van der Waals surface area (Å²) in [6.45, 7) is 1.68. The lowest BCUT2D eigenvalue weighted by atomic mass is 9.97. The molecule has 5 nitrogen and oxygen atoms in total. The lowest BCUT2D eigenvalue weighted by molar-refractivity contribution is -0.132. The maximum Gasteiger partial charge on any atom is 0.222 e. The number of amides is 1. The topological polar surface area (TPSA) is 57.9 Å². The quantitative estimate of drug-likeness (QED) is 0.708. The summed E-state index contributed by atoms with van der Waals surface area (Å²) in [6, 6.07) is 0. The van der Waals surface area contributed by atoms with Gasteiger partial charge in [0.1, 0.15) is 0 Å². The van der Waals surface area contributed by atoms with Crippen molar-refractivity contribution >= 4 is 17.2 Å². The van der Waals surface area contributed by atoms with Gasteiger partial charge in [-0.15, -0.1) is 23.7 Å². The van der Waals surface area contributed by atoms with E-state index in [0.29, 0.717) is 25.2 Å². The van der Waals surface area contributed by atoms with Crippen molar-refractivity contribution in [2.24, 2.45) is 10.2 Å². The van der Waals surface area contributed by atoms with Gasteiger partial charge in [0, 0.05) is 49.6 Å². The third-order valence-corrected chi connectivity index (χ3v) is 7.10. The third kappa shape index (κ3) is 3.83. The number of nitrogens with zero attached hydrogens (tertiary/aromatic N) is 4. The Labute approximate surface area is 159 Å². The van der Waals surface area contributed by atoms with Crippen molar-refractivity contribution in [3.05, 3.63) is 15.6 Å². The Morgan fingerprint density at radius 2 is 2.12 bits per heavy atom. The standard InChI is InChI=1S/C20H26N4OS/c1-2-3-11-20(22-23-20)12-10-18(25)24-13-6-7-15(14-24)19-21-16-8-4-5-9-17(16)26-19/h1,15H,3-14H2. The number of rotatable bonds is 6. The normalized spacial score (nSPS) is 23.3.